The summed E-state index contributed by atoms with van der Waals surface area (Å²) in [5.74, 6) is -0.528. The van der Waals surface area contributed by atoms with Crippen LogP contribution in [0, 0.1) is 5.82 Å². The standard InChI is InChI=1S/C25H23Cl2FN2O/c1-3-4-5-17-6-8-18(9-7-17)19-14-23-22(29-15-19)12-13-30(23)31-16(2)24-20(26)10-11-21(28)25(24)27/h6-16H,3-5H2,1-2H3. The zero-order valence-electron chi connectivity index (χ0n) is 17.4. The largest absolute Gasteiger partial charge is 0.406 e. The van der Waals surface area contributed by atoms with Crippen LogP contribution in [-0.2, 0) is 6.42 Å². The molecule has 0 bridgehead atoms. The van der Waals surface area contributed by atoms with Crippen LogP contribution in [0.3, 0.4) is 0 Å². The lowest BCUT2D eigenvalue weighted by Gasteiger charge is -2.19. The van der Waals surface area contributed by atoms with Gasteiger partial charge in [-0.05, 0) is 55.2 Å². The van der Waals surface area contributed by atoms with Crippen LogP contribution in [0.4, 0.5) is 4.39 Å². The Morgan fingerprint density at radius 1 is 1.06 bits per heavy atom. The fourth-order valence-electron chi connectivity index (χ4n) is 3.62. The van der Waals surface area contributed by atoms with Crippen molar-refractivity contribution in [2.45, 2.75) is 39.2 Å². The van der Waals surface area contributed by atoms with Crippen LogP contribution in [0.1, 0.15) is 43.9 Å². The van der Waals surface area contributed by atoms with Crippen molar-refractivity contribution in [3.8, 4) is 11.1 Å². The monoisotopic (exact) mass is 456 g/mol. The summed E-state index contributed by atoms with van der Waals surface area (Å²) in [6, 6.07) is 15.2. The van der Waals surface area contributed by atoms with E-state index >= 15 is 0 Å². The Labute approximate surface area is 191 Å². The number of pyridine rings is 1. The van der Waals surface area contributed by atoms with Gasteiger partial charge in [-0.25, -0.2) is 4.39 Å². The molecule has 4 rings (SSSR count). The van der Waals surface area contributed by atoms with Gasteiger partial charge in [0.1, 0.15) is 11.3 Å². The van der Waals surface area contributed by atoms with Crippen molar-refractivity contribution in [3.63, 3.8) is 0 Å². The molecule has 0 amide bonds. The second kappa shape index (κ2) is 9.29. The Bertz CT molecular complexity index is 1200. The maximum absolute atomic E-state index is 13.9. The highest BCUT2D eigenvalue weighted by atomic mass is 35.5. The minimum atomic E-state index is -0.562. The highest BCUT2D eigenvalue weighted by molar-refractivity contribution is 6.36. The molecule has 4 aromatic rings. The van der Waals surface area contributed by atoms with Gasteiger partial charge >= 0.3 is 0 Å². The molecule has 2 aromatic carbocycles. The third kappa shape index (κ3) is 4.56. The number of nitrogens with zero attached hydrogens (tertiary/aromatic N) is 2. The number of hydrogen-bond acceptors (Lipinski definition) is 2. The molecule has 0 N–H and O–H groups in total. The summed E-state index contributed by atoms with van der Waals surface area (Å²) in [5.41, 5.74) is 5.44. The lowest BCUT2D eigenvalue weighted by atomic mass is 10.0. The summed E-state index contributed by atoms with van der Waals surface area (Å²) in [6.45, 7) is 3.98. The quantitative estimate of drug-likeness (QED) is 0.266. The second-order valence-electron chi connectivity index (χ2n) is 7.57. The predicted octanol–water partition coefficient (Wildman–Crippen LogP) is 7.68. The zero-order chi connectivity index (χ0) is 22.0. The molecule has 0 spiro atoms. The molecule has 1 atom stereocenters. The molecule has 6 heteroatoms. The predicted molar refractivity (Wildman–Crippen MR) is 125 cm³/mol. The van der Waals surface area contributed by atoms with Crippen molar-refractivity contribution < 1.29 is 9.23 Å². The lowest BCUT2D eigenvalue weighted by molar-refractivity contribution is 0.0562. The number of halogens is 3. The molecule has 0 aliphatic heterocycles. The van der Waals surface area contributed by atoms with Crippen LogP contribution in [0.2, 0.25) is 10.0 Å². The average Bonchev–Trinajstić information content (AvgIpc) is 3.17. The van der Waals surface area contributed by atoms with E-state index in [2.05, 4.69) is 36.2 Å². The van der Waals surface area contributed by atoms with E-state index in [1.54, 1.807) is 17.9 Å². The molecule has 1 unspecified atom stereocenters. The van der Waals surface area contributed by atoms with Gasteiger partial charge in [-0.15, -0.1) is 0 Å². The van der Waals surface area contributed by atoms with E-state index in [1.165, 1.54) is 30.5 Å². The minimum Gasteiger partial charge on any atom is -0.406 e. The molecule has 160 valence electrons. The Morgan fingerprint density at radius 3 is 2.58 bits per heavy atom. The van der Waals surface area contributed by atoms with E-state index in [0.29, 0.717) is 10.6 Å². The van der Waals surface area contributed by atoms with E-state index in [1.807, 2.05) is 18.3 Å². The van der Waals surface area contributed by atoms with Gasteiger partial charge in [-0.2, -0.15) is 4.73 Å². The summed E-state index contributed by atoms with van der Waals surface area (Å²) in [6.07, 6.45) is 6.55. The van der Waals surface area contributed by atoms with Crippen LogP contribution < -0.4 is 4.84 Å². The number of fused-ring (bicyclic) bond motifs is 1. The summed E-state index contributed by atoms with van der Waals surface area (Å²) >= 11 is 12.4. The molecular weight excluding hydrogens is 434 g/mol. The van der Waals surface area contributed by atoms with E-state index in [-0.39, 0.29) is 5.02 Å². The van der Waals surface area contributed by atoms with Gasteiger partial charge < -0.3 is 4.84 Å². The van der Waals surface area contributed by atoms with Crippen molar-refractivity contribution in [2.75, 3.05) is 0 Å². The first-order valence-corrected chi connectivity index (χ1v) is 11.1. The van der Waals surface area contributed by atoms with Crippen LogP contribution in [0.15, 0.2) is 60.9 Å². The number of hydrogen-bond donors (Lipinski definition) is 0. The van der Waals surface area contributed by atoms with E-state index in [9.17, 15) is 4.39 Å². The van der Waals surface area contributed by atoms with Crippen LogP contribution >= 0.6 is 23.2 Å². The Morgan fingerprint density at radius 2 is 1.84 bits per heavy atom. The maximum atomic E-state index is 13.9. The highest BCUT2D eigenvalue weighted by Gasteiger charge is 2.20. The van der Waals surface area contributed by atoms with Gasteiger partial charge in [-0.3, -0.25) is 4.98 Å². The van der Waals surface area contributed by atoms with E-state index in [4.69, 9.17) is 28.0 Å². The Hall–Kier alpha value is -2.56. The fourth-order valence-corrected chi connectivity index (χ4v) is 4.30. The molecule has 0 fully saturated rings. The van der Waals surface area contributed by atoms with Crippen molar-refractivity contribution in [1.29, 1.82) is 0 Å². The molecule has 0 saturated carbocycles. The third-order valence-electron chi connectivity index (χ3n) is 5.37. The van der Waals surface area contributed by atoms with E-state index in [0.717, 1.165) is 28.6 Å². The van der Waals surface area contributed by atoms with Crippen LogP contribution in [-0.4, -0.2) is 9.71 Å². The summed E-state index contributed by atoms with van der Waals surface area (Å²) in [7, 11) is 0. The number of unbranched alkanes of at least 4 members (excludes halogenated alkanes) is 1. The summed E-state index contributed by atoms with van der Waals surface area (Å²) < 4.78 is 15.6. The van der Waals surface area contributed by atoms with Crippen LogP contribution in [0.25, 0.3) is 22.2 Å². The number of aryl methyl sites for hydroxylation is 1. The highest BCUT2D eigenvalue weighted by Crippen LogP contribution is 2.33. The summed E-state index contributed by atoms with van der Waals surface area (Å²) in [5, 5.41) is 0.329. The topological polar surface area (TPSA) is 27.1 Å². The number of benzene rings is 2. The molecule has 31 heavy (non-hydrogen) atoms. The van der Waals surface area contributed by atoms with Gasteiger partial charge in [0.2, 0.25) is 0 Å². The van der Waals surface area contributed by atoms with E-state index < -0.39 is 11.9 Å². The Kier molecular flexibility index (Phi) is 6.49. The van der Waals surface area contributed by atoms with Crippen molar-refractivity contribution >= 4 is 34.2 Å². The smallest absolute Gasteiger partial charge is 0.150 e. The molecular formula is C25H23Cl2FN2O. The molecule has 0 saturated heterocycles. The van der Waals surface area contributed by atoms with Gasteiger partial charge in [0, 0.05) is 28.5 Å². The van der Waals surface area contributed by atoms with Crippen molar-refractivity contribution in [1.82, 2.24) is 9.71 Å². The third-order valence-corrected chi connectivity index (χ3v) is 6.08. The number of rotatable bonds is 7. The van der Waals surface area contributed by atoms with Gasteiger partial charge in [0.25, 0.3) is 0 Å². The first-order valence-electron chi connectivity index (χ1n) is 10.3. The average molecular weight is 457 g/mol. The first-order chi connectivity index (χ1) is 15.0. The molecule has 0 radical (unpaired) electrons. The van der Waals surface area contributed by atoms with Crippen LogP contribution in [0.5, 0.6) is 0 Å². The van der Waals surface area contributed by atoms with Crippen molar-refractivity contribution in [3.05, 3.63) is 87.9 Å². The fraction of sp³-hybridized carbons (Fsp3) is 0.240. The first kappa shape index (κ1) is 21.7. The van der Waals surface area contributed by atoms with Gasteiger partial charge in [-0.1, -0.05) is 60.8 Å². The van der Waals surface area contributed by atoms with Gasteiger partial charge in [0.15, 0.2) is 6.10 Å². The Balaban J connectivity index is 1.62. The molecule has 2 aromatic heterocycles. The zero-order valence-corrected chi connectivity index (χ0v) is 18.9. The molecule has 2 heterocycles. The summed E-state index contributed by atoms with van der Waals surface area (Å²) in [4.78, 5) is 10.6. The normalized spacial score (nSPS) is 12.3. The SMILES string of the molecule is CCCCc1ccc(-c2cnc3ccn(OC(C)c4c(Cl)ccc(F)c4Cl)c3c2)cc1. The minimum absolute atomic E-state index is 0.0292. The van der Waals surface area contributed by atoms with Crippen molar-refractivity contribution in [2.24, 2.45) is 0 Å². The lowest BCUT2D eigenvalue weighted by Crippen LogP contribution is -2.16. The molecule has 0 aliphatic carbocycles. The molecule has 3 nitrogen and oxygen atoms in total. The number of aromatic nitrogens is 2. The molecule has 0 aliphatic rings. The maximum Gasteiger partial charge on any atom is 0.150 e. The second-order valence-corrected chi connectivity index (χ2v) is 8.36. The van der Waals surface area contributed by atoms with Gasteiger partial charge in [0.05, 0.1) is 10.5 Å².